The van der Waals surface area contributed by atoms with Crippen LogP contribution in [-0.4, -0.2) is 24.8 Å². The number of fused-ring (bicyclic) bond motifs is 1. The number of methoxy groups -OCH3 is 2. The van der Waals surface area contributed by atoms with Crippen molar-refractivity contribution in [2.75, 3.05) is 14.2 Å². The summed E-state index contributed by atoms with van der Waals surface area (Å²) in [5, 5.41) is 1.06. The van der Waals surface area contributed by atoms with Gasteiger partial charge in [-0.1, -0.05) is 43.7 Å². The van der Waals surface area contributed by atoms with E-state index in [1.165, 1.54) is 18.4 Å². The molecule has 0 atom stereocenters. The monoisotopic (exact) mass is 351 g/mol. The molecule has 3 aromatic rings. The van der Waals surface area contributed by atoms with Gasteiger partial charge in [0.15, 0.2) is 0 Å². The zero-order chi connectivity index (χ0) is 18.5. The van der Waals surface area contributed by atoms with Gasteiger partial charge in [0.05, 0.1) is 20.6 Å². The standard InChI is InChI=1S/C22H25NO3/c1-4-8-20-19(14-22(24)26-3)18-13-17(25-2)11-12-21(18)23(20)15-16-9-6-5-7-10-16/h5-7,9-13H,4,8,14-15H2,1-3H3. The lowest BCUT2D eigenvalue weighted by Crippen LogP contribution is -2.09. The molecule has 26 heavy (non-hydrogen) atoms. The highest BCUT2D eigenvalue weighted by Crippen LogP contribution is 2.32. The third-order valence-electron chi connectivity index (χ3n) is 4.71. The fourth-order valence-electron chi connectivity index (χ4n) is 3.47. The molecule has 136 valence electrons. The van der Waals surface area contributed by atoms with Gasteiger partial charge in [-0.2, -0.15) is 0 Å². The second kappa shape index (κ2) is 8.09. The summed E-state index contributed by atoms with van der Waals surface area (Å²) in [5.74, 6) is 0.576. The van der Waals surface area contributed by atoms with Gasteiger partial charge < -0.3 is 14.0 Å². The molecule has 0 saturated heterocycles. The molecular formula is C22H25NO3. The van der Waals surface area contributed by atoms with Gasteiger partial charge in [-0.05, 0) is 35.7 Å². The van der Waals surface area contributed by atoms with Crippen LogP contribution < -0.4 is 4.74 Å². The van der Waals surface area contributed by atoms with E-state index in [0.717, 1.165) is 41.6 Å². The lowest BCUT2D eigenvalue weighted by Gasteiger charge is -2.12. The molecule has 0 aliphatic carbocycles. The van der Waals surface area contributed by atoms with E-state index in [1.54, 1.807) is 7.11 Å². The van der Waals surface area contributed by atoms with Gasteiger partial charge in [-0.25, -0.2) is 0 Å². The third kappa shape index (κ3) is 3.59. The molecule has 0 spiro atoms. The smallest absolute Gasteiger partial charge is 0.310 e. The van der Waals surface area contributed by atoms with Crippen LogP contribution >= 0.6 is 0 Å². The first-order valence-corrected chi connectivity index (χ1v) is 8.96. The molecule has 0 N–H and O–H groups in total. The minimum Gasteiger partial charge on any atom is -0.497 e. The summed E-state index contributed by atoms with van der Waals surface area (Å²) in [7, 11) is 3.10. The van der Waals surface area contributed by atoms with Gasteiger partial charge in [0, 0.05) is 23.1 Å². The lowest BCUT2D eigenvalue weighted by molar-refractivity contribution is -0.139. The van der Waals surface area contributed by atoms with Crippen molar-refractivity contribution in [3.8, 4) is 5.75 Å². The topological polar surface area (TPSA) is 40.5 Å². The molecule has 4 heteroatoms. The number of carbonyl (C=O) groups excluding carboxylic acids is 1. The fourth-order valence-corrected chi connectivity index (χ4v) is 3.47. The van der Waals surface area contributed by atoms with Crippen molar-refractivity contribution in [1.82, 2.24) is 4.57 Å². The Balaban J connectivity index is 2.20. The second-order valence-corrected chi connectivity index (χ2v) is 6.38. The summed E-state index contributed by atoms with van der Waals surface area (Å²) in [6, 6.07) is 16.5. The SMILES string of the molecule is CCCc1c(CC(=O)OC)c2cc(OC)ccc2n1Cc1ccccc1. The quantitative estimate of drug-likeness (QED) is 0.594. The van der Waals surface area contributed by atoms with E-state index in [9.17, 15) is 4.79 Å². The number of ether oxygens (including phenoxy) is 2. The highest BCUT2D eigenvalue weighted by molar-refractivity contribution is 5.90. The maximum absolute atomic E-state index is 12.0. The molecule has 4 nitrogen and oxygen atoms in total. The molecule has 1 heterocycles. The zero-order valence-electron chi connectivity index (χ0n) is 15.6. The Labute approximate surface area is 154 Å². The minimum absolute atomic E-state index is 0.219. The number of aromatic nitrogens is 1. The predicted molar refractivity (Wildman–Crippen MR) is 104 cm³/mol. The van der Waals surface area contributed by atoms with Crippen molar-refractivity contribution in [3.05, 3.63) is 65.4 Å². The average Bonchev–Trinajstić information content (AvgIpc) is 2.95. The van der Waals surface area contributed by atoms with Crippen molar-refractivity contribution >= 4 is 16.9 Å². The van der Waals surface area contributed by atoms with Crippen LogP contribution in [0.15, 0.2) is 48.5 Å². The molecule has 0 amide bonds. The van der Waals surface area contributed by atoms with E-state index in [1.807, 2.05) is 18.2 Å². The van der Waals surface area contributed by atoms with Gasteiger partial charge in [-0.3, -0.25) is 4.79 Å². The highest BCUT2D eigenvalue weighted by Gasteiger charge is 2.20. The Morgan fingerprint density at radius 2 is 1.85 bits per heavy atom. The molecule has 0 fully saturated rings. The average molecular weight is 351 g/mol. The lowest BCUT2D eigenvalue weighted by atomic mass is 10.0. The number of hydrogen-bond acceptors (Lipinski definition) is 3. The van der Waals surface area contributed by atoms with E-state index < -0.39 is 0 Å². The van der Waals surface area contributed by atoms with Crippen LogP contribution in [0.5, 0.6) is 5.75 Å². The molecule has 0 aliphatic rings. The Morgan fingerprint density at radius 1 is 1.08 bits per heavy atom. The van der Waals surface area contributed by atoms with E-state index >= 15 is 0 Å². The van der Waals surface area contributed by atoms with Gasteiger partial charge in [-0.15, -0.1) is 0 Å². The maximum Gasteiger partial charge on any atom is 0.310 e. The molecular weight excluding hydrogens is 326 g/mol. The summed E-state index contributed by atoms with van der Waals surface area (Å²) < 4.78 is 12.7. The van der Waals surface area contributed by atoms with Crippen LogP contribution in [0, 0.1) is 0 Å². The van der Waals surface area contributed by atoms with Crippen LogP contribution in [0.2, 0.25) is 0 Å². The van der Waals surface area contributed by atoms with E-state index in [0.29, 0.717) is 0 Å². The fraction of sp³-hybridized carbons (Fsp3) is 0.318. The molecule has 0 aliphatic heterocycles. The molecule has 2 aromatic carbocycles. The van der Waals surface area contributed by atoms with Crippen LogP contribution in [0.1, 0.15) is 30.2 Å². The number of rotatable bonds is 7. The predicted octanol–water partition coefficient (Wildman–Crippen LogP) is 4.37. The molecule has 0 saturated carbocycles. The van der Waals surface area contributed by atoms with E-state index in [-0.39, 0.29) is 12.4 Å². The zero-order valence-corrected chi connectivity index (χ0v) is 15.6. The van der Waals surface area contributed by atoms with Crippen molar-refractivity contribution in [2.24, 2.45) is 0 Å². The Hall–Kier alpha value is -2.75. The summed E-state index contributed by atoms with van der Waals surface area (Å²) in [4.78, 5) is 12.0. The van der Waals surface area contributed by atoms with Crippen LogP contribution in [0.4, 0.5) is 0 Å². The highest BCUT2D eigenvalue weighted by atomic mass is 16.5. The van der Waals surface area contributed by atoms with Gasteiger partial charge in [0.2, 0.25) is 0 Å². The van der Waals surface area contributed by atoms with Crippen LogP contribution in [0.25, 0.3) is 10.9 Å². The Kier molecular flexibility index (Phi) is 5.61. The first-order valence-electron chi connectivity index (χ1n) is 8.96. The maximum atomic E-state index is 12.0. The summed E-state index contributed by atoms with van der Waals surface area (Å²) in [6.07, 6.45) is 2.20. The van der Waals surface area contributed by atoms with Crippen molar-refractivity contribution in [2.45, 2.75) is 32.7 Å². The van der Waals surface area contributed by atoms with Crippen molar-refractivity contribution < 1.29 is 14.3 Å². The van der Waals surface area contributed by atoms with E-state index in [2.05, 4.69) is 41.8 Å². The van der Waals surface area contributed by atoms with Gasteiger partial charge in [0.1, 0.15) is 5.75 Å². The summed E-state index contributed by atoms with van der Waals surface area (Å²) in [5.41, 5.74) is 4.60. The first-order chi connectivity index (χ1) is 12.7. The normalized spacial score (nSPS) is 10.9. The van der Waals surface area contributed by atoms with Crippen molar-refractivity contribution in [3.63, 3.8) is 0 Å². The molecule has 1 aromatic heterocycles. The molecule has 0 unspecified atom stereocenters. The summed E-state index contributed by atoms with van der Waals surface area (Å²) >= 11 is 0. The van der Waals surface area contributed by atoms with Gasteiger partial charge in [0.25, 0.3) is 0 Å². The molecule has 3 rings (SSSR count). The Morgan fingerprint density at radius 3 is 2.50 bits per heavy atom. The second-order valence-electron chi connectivity index (χ2n) is 6.38. The molecule has 0 radical (unpaired) electrons. The van der Waals surface area contributed by atoms with Gasteiger partial charge >= 0.3 is 5.97 Å². The number of nitrogens with zero attached hydrogens (tertiary/aromatic N) is 1. The largest absolute Gasteiger partial charge is 0.497 e. The van der Waals surface area contributed by atoms with Crippen molar-refractivity contribution in [1.29, 1.82) is 0 Å². The summed E-state index contributed by atoms with van der Waals surface area (Å²) in [6.45, 7) is 2.94. The third-order valence-corrected chi connectivity index (χ3v) is 4.71. The first kappa shape index (κ1) is 18.1. The number of esters is 1. The van der Waals surface area contributed by atoms with E-state index in [4.69, 9.17) is 9.47 Å². The minimum atomic E-state index is -0.219. The molecule has 0 bridgehead atoms. The Bertz CT molecular complexity index is 897. The number of hydrogen-bond donors (Lipinski definition) is 0. The van der Waals surface area contributed by atoms with Crippen LogP contribution in [0.3, 0.4) is 0 Å². The van der Waals surface area contributed by atoms with Crippen LogP contribution in [-0.2, 0) is 28.9 Å². The number of carbonyl (C=O) groups is 1. The number of benzene rings is 2.